The average Bonchev–Trinajstić information content (AvgIpc) is 2.87. The molecule has 2 amide bonds. The lowest BCUT2D eigenvalue weighted by Crippen LogP contribution is -2.39. The Balaban J connectivity index is 1.79. The van der Waals surface area contributed by atoms with Gasteiger partial charge in [-0.2, -0.15) is 5.10 Å². The van der Waals surface area contributed by atoms with Crippen LogP contribution in [0.15, 0.2) is 5.10 Å². The Bertz CT molecular complexity index is 394. The molecule has 1 atom stereocenters. The lowest BCUT2D eigenvalue weighted by molar-refractivity contribution is -0.130. The van der Waals surface area contributed by atoms with Crippen molar-refractivity contribution in [2.45, 2.75) is 26.2 Å². The van der Waals surface area contributed by atoms with Crippen LogP contribution in [0.3, 0.4) is 0 Å². The summed E-state index contributed by atoms with van der Waals surface area (Å²) in [4.78, 5) is 25.6. The smallest absolute Gasteiger partial charge is 0.267 e. The van der Waals surface area contributed by atoms with E-state index < -0.39 is 0 Å². The summed E-state index contributed by atoms with van der Waals surface area (Å²) in [5.74, 6) is 0.368. The fourth-order valence-corrected chi connectivity index (χ4v) is 2.54. The van der Waals surface area contributed by atoms with Crippen molar-refractivity contribution in [2.75, 3.05) is 33.2 Å². The van der Waals surface area contributed by atoms with E-state index in [4.69, 9.17) is 0 Å². The second kappa shape index (κ2) is 6.14. The number of likely N-dealkylation sites (tertiary alicyclic amines) is 1. The Morgan fingerprint density at radius 3 is 2.89 bits per heavy atom. The van der Waals surface area contributed by atoms with Crippen molar-refractivity contribution < 1.29 is 9.59 Å². The summed E-state index contributed by atoms with van der Waals surface area (Å²) in [7, 11) is 1.59. The zero-order valence-corrected chi connectivity index (χ0v) is 11.7. The molecular weight excluding hydrogens is 244 g/mol. The largest absolute Gasteiger partial charge is 0.351 e. The number of amides is 2. The molecule has 6 nitrogen and oxygen atoms in total. The third kappa shape index (κ3) is 3.53. The van der Waals surface area contributed by atoms with E-state index in [1.54, 1.807) is 7.05 Å². The molecule has 0 bridgehead atoms. The Morgan fingerprint density at radius 1 is 1.47 bits per heavy atom. The molecule has 1 saturated heterocycles. The molecule has 2 aliphatic rings. The summed E-state index contributed by atoms with van der Waals surface area (Å²) in [6.07, 6.45) is 1.95. The number of rotatable bonds is 4. The van der Waals surface area contributed by atoms with Gasteiger partial charge in [-0.05, 0) is 25.4 Å². The number of nitrogens with zero attached hydrogens (tertiary/aromatic N) is 3. The normalized spacial score (nSPS) is 24.5. The van der Waals surface area contributed by atoms with Crippen LogP contribution in [0.25, 0.3) is 0 Å². The highest BCUT2D eigenvalue weighted by atomic mass is 16.2. The first-order chi connectivity index (χ1) is 9.10. The SMILES string of the molecule is CCN1CCC(CNC(=O)C2=NN(C)C(=O)CC2)C1. The maximum absolute atomic E-state index is 12.0. The van der Waals surface area contributed by atoms with Crippen molar-refractivity contribution >= 4 is 17.5 Å². The second-order valence-corrected chi connectivity index (χ2v) is 5.22. The highest BCUT2D eigenvalue weighted by Gasteiger charge is 2.24. The van der Waals surface area contributed by atoms with Gasteiger partial charge in [-0.25, -0.2) is 5.01 Å². The van der Waals surface area contributed by atoms with Gasteiger partial charge < -0.3 is 10.2 Å². The van der Waals surface area contributed by atoms with Gasteiger partial charge >= 0.3 is 0 Å². The number of carbonyl (C=O) groups excluding carboxylic acids is 2. The van der Waals surface area contributed by atoms with Crippen molar-refractivity contribution in [3.8, 4) is 0 Å². The zero-order valence-electron chi connectivity index (χ0n) is 11.7. The van der Waals surface area contributed by atoms with Crippen LogP contribution in [0, 0.1) is 5.92 Å². The van der Waals surface area contributed by atoms with Gasteiger partial charge in [0.1, 0.15) is 5.71 Å². The Hall–Kier alpha value is -1.43. The standard InChI is InChI=1S/C13H22N4O2/c1-3-17-7-6-10(9-17)8-14-13(19)11-4-5-12(18)16(2)15-11/h10H,3-9H2,1-2H3,(H,14,19). The number of hydrogen-bond acceptors (Lipinski definition) is 4. The van der Waals surface area contributed by atoms with Crippen molar-refractivity contribution in [1.29, 1.82) is 0 Å². The summed E-state index contributed by atoms with van der Waals surface area (Å²) >= 11 is 0. The Labute approximate surface area is 113 Å². The van der Waals surface area contributed by atoms with Gasteiger partial charge in [-0.3, -0.25) is 9.59 Å². The highest BCUT2D eigenvalue weighted by Crippen LogP contribution is 2.14. The minimum Gasteiger partial charge on any atom is -0.351 e. The van der Waals surface area contributed by atoms with Gasteiger partial charge in [0.2, 0.25) is 5.91 Å². The van der Waals surface area contributed by atoms with Crippen LogP contribution in [-0.2, 0) is 9.59 Å². The van der Waals surface area contributed by atoms with E-state index in [1.807, 2.05) is 0 Å². The molecule has 0 aromatic carbocycles. The van der Waals surface area contributed by atoms with Gasteiger partial charge in [-0.15, -0.1) is 0 Å². The molecule has 0 saturated carbocycles. The van der Waals surface area contributed by atoms with E-state index in [1.165, 1.54) is 5.01 Å². The predicted molar refractivity (Wildman–Crippen MR) is 72.7 cm³/mol. The van der Waals surface area contributed by atoms with Crippen molar-refractivity contribution in [2.24, 2.45) is 11.0 Å². The fourth-order valence-electron chi connectivity index (χ4n) is 2.54. The van der Waals surface area contributed by atoms with Gasteiger partial charge in [0.15, 0.2) is 0 Å². The summed E-state index contributed by atoms with van der Waals surface area (Å²) in [6.45, 7) is 6.11. The topological polar surface area (TPSA) is 65.0 Å². The van der Waals surface area contributed by atoms with Crippen molar-refractivity contribution in [1.82, 2.24) is 15.2 Å². The fraction of sp³-hybridized carbons (Fsp3) is 0.769. The lowest BCUT2D eigenvalue weighted by Gasteiger charge is -2.19. The predicted octanol–water partition coefficient (Wildman–Crippen LogP) is 0.0526. The van der Waals surface area contributed by atoms with Crippen molar-refractivity contribution in [3.63, 3.8) is 0 Å². The summed E-state index contributed by atoms with van der Waals surface area (Å²) < 4.78 is 0. The quantitative estimate of drug-likeness (QED) is 0.782. The first-order valence-electron chi connectivity index (χ1n) is 6.94. The molecule has 19 heavy (non-hydrogen) atoms. The van der Waals surface area contributed by atoms with E-state index in [2.05, 4.69) is 22.2 Å². The van der Waals surface area contributed by atoms with Gasteiger partial charge in [0, 0.05) is 33.0 Å². The monoisotopic (exact) mass is 266 g/mol. The first-order valence-corrected chi connectivity index (χ1v) is 6.94. The van der Waals surface area contributed by atoms with E-state index >= 15 is 0 Å². The van der Waals surface area contributed by atoms with Gasteiger partial charge in [-0.1, -0.05) is 6.92 Å². The number of hydrogen-bond donors (Lipinski definition) is 1. The van der Waals surface area contributed by atoms with Crippen LogP contribution in [0.2, 0.25) is 0 Å². The summed E-state index contributed by atoms with van der Waals surface area (Å²) in [5, 5.41) is 8.21. The highest BCUT2D eigenvalue weighted by molar-refractivity contribution is 6.39. The molecule has 0 aliphatic carbocycles. The zero-order chi connectivity index (χ0) is 13.8. The summed E-state index contributed by atoms with van der Waals surface area (Å²) in [6, 6.07) is 0. The molecule has 106 valence electrons. The van der Waals surface area contributed by atoms with E-state index in [0.717, 1.165) is 26.1 Å². The van der Waals surface area contributed by atoms with Crippen LogP contribution >= 0.6 is 0 Å². The van der Waals surface area contributed by atoms with Crippen LogP contribution in [0.5, 0.6) is 0 Å². The molecule has 1 unspecified atom stereocenters. The van der Waals surface area contributed by atoms with E-state index in [0.29, 0.717) is 31.0 Å². The minimum absolute atomic E-state index is 0.0362. The third-order valence-electron chi connectivity index (χ3n) is 3.84. The van der Waals surface area contributed by atoms with Gasteiger partial charge in [0.05, 0.1) is 0 Å². The van der Waals surface area contributed by atoms with E-state index in [-0.39, 0.29) is 11.8 Å². The first kappa shape index (κ1) is 14.0. The molecule has 0 aromatic heterocycles. The maximum atomic E-state index is 12.0. The molecule has 0 spiro atoms. The van der Waals surface area contributed by atoms with E-state index in [9.17, 15) is 9.59 Å². The van der Waals surface area contributed by atoms with Crippen LogP contribution in [0.1, 0.15) is 26.2 Å². The lowest BCUT2D eigenvalue weighted by atomic mass is 10.1. The Kier molecular flexibility index (Phi) is 4.52. The minimum atomic E-state index is -0.130. The second-order valence-electron chi connectivity index (χ2n) is 5.22. The third-order valence-corrected chi connectivity index (χ3v) is 3.84. The molecule has 1 N–H and O–H groups in total. The van der Waals surface area contributed by atoms with Crippen LogP contribution in [-0.4, -0.2) is 60.7 Å². The van der Waals surface area contributed by atoms with Crippen molar-refractivity contribution in [3.05, 3.63) is 0 Å². The molecule has 2 heterocycles. The molecule has 1 fully saturated rings. The molecule has 2 aliphatic heterocycles. The molecule has 0 radical (unpaired) electrons. The Morgan fingerprint density at radius 2 is 2.26 bits per heavy atom. The summed E-state index contributed by atoms with van der Waals surface area (Å²) in [5.41, 5.74) is 0.465. The molecular formula is C13H22N4O2. The van der Waals surface area contributed by atoms with Gasteiger partial charge in [0.25, 0.3) is 5.91 Å². The molecule has 0 aromatic rings. The average molecular weight is 266 g/mol. The van der Waals surface area contributed by atoms with Crippen LogP contribution in [0.4, 0.5) is 0 Å². The number of hydrazone groups is 1. The number of carbonyl (C=O) groups is 2. The molecule has 6 heteroatoms. The molecule has 2 rings (SSSR count). The maximum Gasteiger partial charge on any atom is 0.267 e. The number of nitrogens with one attached hydrogen (secondary N) is 1. The van der Waals surface area contributed by atoms with Crippen LogP contribution < -0.4 is 5.32 Å².